The van der Waals surface area contributed by atoms with Gasteiger partial charge in [-0.3, -0.25) is 4.90 Å². The number of nitrogens with zero attached hydrogens (tertiary/aromatic N) is 2. The van der Waals surface area contributed by atoms with Crippen molar-refractivity contribution in [2.24, 2.45) is 0 Å². The third-order valence-electron chi connectivity index (χ3n) is 4.72. The van der Waals surface area contributed by atoms with Crippen molar-refractivity contribution in [3.8, 4) is 11.5 Å². The lowest BCUT2D eigenvalue weighted by Gasteiger charge is -2.45. The Kier molecular flexibility index (Phi) is 3.84. The van der Waals surface area contributed by atoms with Crippen LogP contribution in [-0.4, -0.2) is 53.2 Å². The minimum Gasteiger partial charge on any atom is -0.508 e. The number of hydrogen-bond donors (Lipinski definition) is 1. The second-order valence-corrected chi connectivity index (χ2v) is 6.77. The van der Waals surface area contributed by atoms with Gasteiger partial charge in [-0.2, -0.15) is 0 Å². The number of benzene rings is 1. The maximum atomic E-state index is 9.72. The molecule has 0 aliphatic carbocycles. The summed E-state index contributed by atoms with van der Waals surface area (Å²) < 4.78 is 6.07. The van der Waals surface area contributed by atoms with Gasteiger partial charge < -0.3 is 14.7 Å². The SMILES string of the molecule is CCN1CCN(C2CC(C)(C)Oc3cc(O)ccc32)CC1. The Morgan fingerprint density at radius 2 is 1.95 bits per heavy atom. The van der Waals surface area contributed by atoms with E-state index in [-0.39, 0.29) is 11.4 Å². The third kappa shape index (κ3) is 3.01. The summed E-state index contributed by atoms with van der Waals surface area (Å²) in [6, 6.07) is 5.95. The largest absolute Gasteiger partial charge is 0.508 e. The van der Waals surface area contributed by atoms with Crippen LogP contribution in [0, 0.1) is 0 Å². The van der Waals surface area contributed by atoms with Crippen molar-refractivity contribution in [3.63, 3.8) is 0 Å². The van der Waals surface area contributed by atoms with E-state index in [1.54, 1.807) is 12.1 Å². The standard InChI is InChI=1S/C17H26N2O2/c1-4-18-7-9-19(10-8-18)15-12-17(2,3)21-16-11-13(20)5-6-14(15)16/h5-6,11,15,20H,4,7-10,12H2,1-3H3. The Labute approximate surface area is 127 Å². The summed E-state index contributed by atoms with van der Waals surface area (Å²) in [7, 11) is 0. The van der Waals surface area contributed by atoms with E-state index in [4.69, 9.17) is 4.74 Å². The molecule has 0 saturated carbocycles. The molecule has 116 valence electrons. The number of likely N-dealkylation sites (N-methyl/N-ethyl adjacent to an activating group) is 1. The number of aromatic hydroxyl groups is 1. The molecule has 4 heteroatoms. The van der Waals surface area contributed by atoms with Crippen molar-refractivity contribution in [2.75, 3.05) is 32.7 Å². The van der Waals surface area contributed by atoms with Crippen LogP contribution in [0.15, 0.2) is 18.2 Å². The van der Waals surface area contributed by atoms with E-state index in [2.05, 4.69) is 30.6 Å². The van der Waals surface area contributed by atoms with Gasteiger partial charge in [-0.05, 0) is 26.5 Å². The van der Waals surface area contributed by atoms with E-state index in [0.717, 1.165) is 44.9 Å². The molecule has 0 aromatic heterocycles. The van der Waals surface area contributed by atoms with Crippen LogP contribution in [0.4, 0.5) is 0 Å². The fourth-order valence-electron chi connectivity index (χ4n) is 3.52. The van der Waals surface area contributed by atoms with Crippen LogP contribution >= 0.6 is 0 Å². The lowest BCUT2D eigenvalue weighted by molar-refractivity contribution is 0.0122. The molecule has 1 aromatic carbocycles. The van der Waals surface area contributed by atoms with E-state index in [0.29, 0.717) is 6.04 Å². The van der Waals surface area contributed by atoms with Gasteiger partial charge in [0.15, 0.2) is 0 Å². The van der Waals surface area contributed by atoms with E-state index in [1.165, 1.54) is 5.56 Å². The van der Waals surface area contributed by atoms with Crippen LogP contribution in [0.5, 0.6) is 11.5 Å². The van der Waals surface area contributed by atoms with Gasteiger partial charge in [-0.25, -0.2) is 0 Å². The van der Waals surface area contributed by atoms with Crippen molar-refractivity contribution < 1.29 is 9.84 Å². The lowest BCUT2D eigenvalue weighted by atomic mass is 9.88. The molecule has 21 heavy (non-hydrogen) atoms. The maximum Gasteiger partial charge on any atom is 0.128 e. The van der Waals surface area contributed by atoms with Crippen molar-refractivity contribution >= 4 is 0 Å². The molecule has 1 saturated heterocycles. The molecule has 1 atom stereocenters. The fraction of sp³-hybridized carbons (Fsp3) is 0.647. The van der Waals surface area contributed by atoms with Gasteiger partial charge in [0, 0.05) is 50.3 Å². The highest BCUT2D eigenvalue weighted by Crippen LogP contribution is 2.43. The molecule has 3 rings (SSSR count). The predicted molar refractivity (Wildman–Crippen MR) is 83.9 cm³/mol. The molecular weight excluding hydrogens is 264 g/mol. The first-order valence-electron chi connectivity index (χ1n) is 7.97. The monoisotopic (exact) mass is 290 g/mol. The minimum atomic E-state index is -0.187. The summed E-state index contributed by atoms with van der Waals surface area (Å²) in [6.45, 7) is 12.1. The zero-order valence-corrected chi connectivity index (χ0v) is 13.3. The van der Waals surface area contributed by atoms with Crippen molar-refractivity contribution in [2.45, 2.75) is 38.8 Å². The fourth-order valence-corrected chi connectivity index (χ4v) is 3.52. The number of fused-ring (bicyclic) bond motifs is 1. The molecule has 0 spiro atoms. The topological polar surface area (TPSA) is 35.9 Å². The Morgan fingerprint density at radius 3 is 2.62 bits per heavy atom. The summed E-state index contributed by atoms with van der Waals surface area (Å²) in [5, 5.41) is 9.72. The van der Waals surface area contributed by atoms with Gasteiger partial charge in [0.25, 0.3) is 0 Å². The van der Waals surface area contributed by atoms with E-state index in [1.807, 2.05) is 6.07 Å². The van der Waals surface area contributed by atoms with E-state index < -0.39 is 0 Å². The molecule has 0 bridgehead atoms. The minimum absolute atomic E-state index is 0.187. The summed E-state index contributed by atoms with van der Waals surface area (Å²) in [5.74, 6) is 1.12. The number of phenols is 1. The smallest absolute Gasteiger partial charge is 0.128 e. The zero-order chi connectivity index (χ0) is 15.0. The molecule has 1 aromatic rings. The van der Waals surface area contributed by atoms with E-state index in [9.17, 15) is 5.11 Å². The molecule has 1 fully saturated rings. The Balaban J connectivity index is 1.85. The third-order valence-corrected chi connectivity index (χ3v) is 4.72. The lowest BCUT2D eigenvalue weighted by Crippen LogP contribution is -2.50. The van der Waals surface area contributed by atoms with E-state index >= 15 is 0 Å². The van der Waals surface area contributed by atoms with Gasteiger partial charge in [-0.15, -0.1) is 0 Å². The first kappa shape index (κ1) is 14.7. The average Bonchev–Trinajstić information content (AvgIpc) is 2.45. The summed E-state index contributed by atoms with van der Waals surface area (Å²) >= 11 is 0. The van der Waals surface area contributed by atoms with Crippen molar-refractivity contribution in [1.82, 2.24) is 9.80 Å². The first-order valence-corrected chi connectivity index (χ1v) is 7.97. The number of ether oxygens (including phenoxy) is 1. The molecule has 1 unspecified atom stereocenters. The van der Waals surface area contributed by atoms with Crippen LogP contribution in [0.3, 0.4) is 0 Å². The zero-order valence-electron chi connectivity index (χ0n) is 13.3. The van der Waals surface area contributed by atoms with Crippen LogP contribution in [-0.2, 0) is 0 Å². The molecule has 2 aliphatic heterocycles. The number of rotatable bonds is 2. The summed E-state index contributed by atoms with van der Waals surface area (Å²) in [6.07, 6.45) is 0.997. The summed E-state index contributed by atoms with van der Waals surface area (Å²) in [5.41, 5.74) is 1.03. The quantitative estimate of drug-likeness (QED) is 0.908. The van der Waals surface area contributed by atoms with Gasteiger partial charge >= 0.3 is 0 Å². The maximum absolute atomic E-state index is 9.72. The molecular formula is C17H26N2O2. The second-order valence-electron chi connectivity index (χ2n) is 6.77. The van der Waals surface area contributed by atoms with Crippen LogP contribution in [0.1, 0.15) is 38.8 Å². The van der Waals surface area contributed by atoms with Gasteiger partial charge in [-0.1, -0.05) is 13.0 Å². The number of phenolic OH excluding ortho intramolecular Hbond substituents is 1. The average molecular weight is 290 g/mol. The molecule has 4 nitrogen and oxygen atoms in total. The van der Waals surface area contributed by atoms with Crippen LogP contribution in [0.25, 0.3) is 0 Å². The van der Waals surface area contributed by atoms with Gasteiger partial charge in [0.2, 0.25) is 0 Å². The Morgan fingerprint density at radius 1 is 1.24 bits per heavy atom. The predicted octanol–water partition coefficient (Wildman–Crippen LogP) is 2.63. The number of piperazine rings is 1. The van der Waals surface area contributed by atoms with Crippen LogP contribution < -0.4 is 4.74 Å². The molecule has 0 radical (unpaired) electrons. The van der Waals surface area contributed by atoms with Crippen molar-refractivity contribution in [1.29, 1.82) is 0 Å². The highest BCUT2D eigenvalue weighted by atomic mass is 16.5. The molecule has 1 N–H and O–H groups in total. The van der Waals surface area contributed by atoms with Crippen LogP contribution in [0.2, 0.25) is 0 Å². The van der Waals surface area contributed by atoms with Gasteiger partial charge in [0.1, 0.15) is 17.1 Å². The number of hydrogen-bond acceptors (Lipinski definition) is 4. The van der Waals surface area contributed by atoms with Gasteiger partial charge in [0.05, 0.1) is 0 Å². The second kappa shape index (κ2) is 5.50. The molecule has 2 heterocycles. The Bertz CT molecular complexity index is 508. The Hall–Kier alpha value is -1.26. The highest BCUT2D eigenvalue weighted by Gasteiger charge is 2.37. The highest BCUT2D eigenvalue weighted by molar-refractivity contribution is 5.44. The summed E-state index contributed by atoms with van der Waals surface area (Å²) in [4.78, 5) is 5.07. The van der Waals surface area contributed by atoms with Crippen molar-refractivity contribution in [3.05, 3.63) is 23.8 Å². The normalized spacial score (nSPS) is 26.1. The first-order chi connectivity index (χ1) is 9.98. The molecule has 0 amide bonds. The molecule has 2 aliphatic rings.